The highest BCUT2D eigenvalue weighted by Crippen LogP contribution is 2.33. The molecule has 7 heteroatoms. The molecule has 5 nitrogen and oxygen atoms in total. The monoisotopic (exact) mass is 394 g/mol. The molecule has 2 aromatic rings. The summed E-state index contributed by atoms with van der Waals surface area (Å²) in [5, 5.41) is 6.44. The fourth-order valence-electron chi connectivity index (χ4n) is 2.17. The molecule has 1 amide bonds. The van der Waals surface area contributed by atoms with Gasteiger partial charge in [-0.25, -0.2) is 4.79 Å². The molecule has 0 saturated carbocycles. The van der Waals surface area contributed by atoms with Gasteiger partial charge in [-0.1, -0.05) is 17.7 Å². The van der Waals surface area contributed by atoms with Gasteiger partial charge in [0, 0.05) is 18.0 Å². The third kappa shape index (κ3) is 6.04. The first-order valence-electron chi connectivity index (χ1n) is 8.27. The Morgan fingerprint density at radius 2 is 1.88 bits per heavy atom. The second kappa shape index (κ2) is 8.56. The Bertz CT molecular complexity index is 796. The third-order valence-corrected chi connectivity index (χ3v) is 4.86. The number of rotatable bonds is 6. The molecule has 0 atom stereocenters. The summed E-state index contributed by atoms with van der Waals surface area (Å²) >= 11 is 7.79. The summed E-state index contributed by atoms with van der Waals surface area (Å²) in [7, 11) is 0. The van der Waals surface area contributed by atoms with E-state index in [0.29, 0.717) is 18.1 Å². The van der Waals surface area contributed by atoms with Crippen LogP contribution in [0.3, 0.4) is 0 Å². The number of nitrogens with one attached hydrogen (secondary N) is 2. The molecular weight excluding hydrogens is 372 g/mol. The van der Waals surface area contributed by atoms with Crippen molar-refractivity contribution in [2.45, 2.75) is 33.3 Å². The van der Waals surface area contributed by atoms with E-state index < -0.39 is 11.7 Å². The van der Waals surface area contributed by atoms with E-state index in [0.717, 1.165) is 21.0 Å². The van der Waals surface area contributed by atoms with Crippen LogP contribution in [0.1, 0.15) is 37.4 Å². The zero-order chi connectivity index (χ0) is 19.3. The highest BCUT2D eigenvalue weighted by molar-refractivity contribution is 7.17. The van der Waals surface area contributed by atoms with Crippen molar-refractivity contribution in [1.82, 2.24) is 5.32 Å². The lowest BCUT2D eigenvalue weighted by Crippen LogP contribution is -2.35. The highest BCUT2D eigenvalue weighted by Gasteiger charge is 2.15. The fraction of sp³-hybridized carbons (Fsp3) is 0.368. The number of carbonyl (C=O) groups excluding carboxylic acids is 2. The number of amides is 1. The molecular formula is C19H23ClN2O3S. The molecule has 1 aromatic carbocycles. The van der Waals surface area contributed by atoms with Gasteiger partial charge in [0.15, 0.2) is 5.78 Å². The number of thiophene rings is 1. The van der Waals surface area contributed by atoms with Crippen molar-refractivity contribution >= 4 is 40.5 Å². The lowest BCUT2D eigenvalue weighted by molar-refractivity contribution is 0.0530. The van der Waals surface area contributed by atoms with E-state index in [1.54, 1.807) is 6.92 Å². The number of alkyl carbamates (subject to hydrolysis) is 1. The molecule has 0 spiro atoms. The largest absolute Gasteiger partial charge is 0.444 e. The van der Waals surface area contributed by atoms with Gasteiger partial charge in [0.05, 0.1) is 15.6 Å². The smallest absolute Gasteiger partial charge is 0.407 e. The highest BCUT2D eigenvalue weighted by atomic mass is 35.5. The Hall–Kier alpha value is -2.05. The molecule has 0 fully saturated rings. The first kappa shape index (κ1) is 20.3. The van der Waals surface area contributed by atoms with Crippen LogP contribution in [0.15, 0.2) is 30.3 Å². The first-order chi connectivity index (χ1) is 12.2. The molecule has 1 heterocycles. The molecule has 0 saturated heterocycles. The number of hydrogen-bond acceptors (Lipinski definition) is 5. The van der Waals surface area contributed by atoms with E-state index >= 15 is 0 Å². The number of benzene rings is 1. The van der Waals surface area contributed by atoms with E-state index in [1.165, 1.54) is 11.3 Å². The zero-order valence-electron chi connectivity index (χ0n) is 15.3. The second-order valence-electron chi connectivity index (χ2n) is 6.77. The predicted molar refractivity (Wildman–Crippen MR) is 107 cm³/mol. The number of halogens is 1. The topological polar surface area (TPSA) is 67.4 Å². The van der Waals surface area contributed by atoms with Crippen molar-refractivity contribution in [1.29, 1.82) is 0 Å². The molecule has 2 N–H and O–H groups in total. The Morgan fingerprint density at radius 1 is 1.15 bits per heavy atom. The van der Waals surface area contributed by atoms with Gasteiger partial charge < -0.3 is 15.4 Å². The minimum absolute atomic E-state index is 0.0584. The van der Waals surface area contributed by atoms with E-state index in [4.69, 9.17) is 16.3 Å². The lowest BCUT2D eigenvalue weighted by atomic mass is 10.1. The molecule has 2 rings (SSSR count). The molecule has 0 aliphatic carbocycles. The van der Waals surface area contributed by atoms with Crippen LogP contribution >= 0.6 is 22.9 Å². The summed E-state index contributed by atoms with van der Waals surface area (Å²) in [6.45, 7) is 7.95. The van der Waals surface area contributed by atoms with Crippen LogP contribution in [0.4, 0.5) is 10.5 Å². The third-order valence-electron chi connectivity index (χ3n) is 3.32. The standard InChI is InChI=1S/C19H23ClN2O3S/c1-12(23)16-7-8-17(26-16)13-5-6-15(14(20)11-13)21-9-10-22-18(24)25-19(2,3)4/h5-8,11,21H,9-10H2,1-4H3,(H,22,24). The summed E-state index contributed by atoms with van der Waals surface area (Å²) in [6.07, 6.45) is -0.445. The number of ketones is 1. The SMILES string of the molecule is CC(=O)c1ccc(-c2ccc(NCCNC(=O)OC(C)(C)C)c(Cl)c2)s1. The van der Waals surface area contributed by atoms with Crippen LogP contribution in [0.5, 0.6) is 0 Å². The van der Waals surface area contributed by atoms with Crippen molar-refractivity contribution in [3.8, 4) is 10.4 Å². The summed E-state index contributed by atoms with van der Waals surface area (Å²) in [5.74, 6) is 0.0584. The van der Waals surface area contributed by atoms with Crippen LogP contribution in [0.2, 0.25) is 5.02 Å². The van der Waals surface area contributed by atoms with E-state index in [9.17, 15) is 9.59 Å². The number of ether oxygens (including phenoxy) is 1. The Labute approximate surface area is 162 Å². The summed E-state index contributed by atoms with van der Waals surface area (Å²) in [5.41, 5.74) is 1.23. The Morgan fingerprint density at radius 3 is 2.46 bits per heavy atom. The fourth-order valence-corrected chi connectivity index (χ4v) is 3.31. The van der Waals surface area contributed by atoms with Gasteiger partial charge in [0.25, 0.3) is 0 Å². The van der Waals surface area contributed by atoms with E-state index in [1.807, 2.05) is 51.1 Å². The van der Waals surface area contributed by atoms with Gasteiger partial charge in [-0.3, -0.25) is 4.79 Å². The molecule has 1 aromatic heterocycles. The van der Waals surface area contributed by atoms with Crippen LogP contribution in [-0.2, 0) is 4.74 Å². The maximum Gasteiger partial charge on any atom is 0.407 e. The molecule has 0 unspecified atom stereocenters. The maximum absolute atomic E-state index is 11.6. The Kier molecular flexibility index (Phi) is 6.67. The van der Waals surface area contributed by atoms with Crippen LogP contribution in [0.25, 0.3) is 10.4 Å². The maximum atomic E-state index is 11.6. The predicted octanol–water partition coefficient (Wildman–Crippen LogP) is 5.21. The number of Topliss-reactive ketones (excluding diaryl/α,β-unsaturated/α-hetero) is 1. The molecule has 0 aliphatic rings. The van der Waals surface area contributed by atoms with E-state index in [-0.39, 0.29) is 5.78 Å². The van der Waals surface area contributed by atoms with Crippen LogP contribution < -0.4 is 10.6 Å². The van der Waals surface area contributed by atoms with Gasteiger partial charge in [0.1, 0.15) is 5.60 Å². The lowest BCUT2D eigenvalue weighted by Gasteiger charge is -2.19. The quantitative estimate of drug-likeness (QED) is 0.521. The minimum atomic E-state index is -0.513. The van der Waals surface area contributed by atoms with Gasteiger partial charge >= 0.3 is 6.09 Å². The van der Waals surface area contributed by atoms with Crippen molar-refractivity contribution in [3.63, 3.8) is 0 Å². The summed E-state index contributed by atoms with van der Waals surface area (Å²) < 4.78 is 5.17. The van der Waals surface area contributed by atoms with Crippen molar-refractivity contribution < 1.29 is 14.3 Å². The van der Waals surface area contributed by atoms with Crippen molar-refractivity contribution in [2.75, 3.05) is 18.4 Å². The first-order valence-corrected chi connectivity index (χ1v) is 9.46. The van der Waals surface area contributed by atoms with Gasteiger partial charge in [-0.2, -0.15) is 0 Å². The van der Waals surface area contributed by atoms with Gasteiger partial charge in [0.2, 0.25) is 0 Å². The van der Waals surface area contributed by atoms with Crippen LogP contribution in [-0.4, -0.2) is 30.6 Å². The average molecular weight is 395 g/mol. The second-order valence-corrected chi connectivity index (χ2v) is 8.26. The zero-order valence-corrected chi connectivity index (χ0v) is 16.9. The molecule has 0 bridgehead atoms. The summed E-state index contributed by atoms with van der Waals surface area (Å²) in [4.78, 5) is 24.7. The molecule has 140 valence electrons. The summed E-state index contributed by atoms with van der Waals surface area (Å²) in [6, 6.07) is 9.44. The van der Waals surface area contributed by atoms with E-state index in [2.05, 4.69) is 10.6 Å². The minimum Gasteiger partial charge on any atom is -0.444 e. The van der Waals surface area contributed by atoms with Crippen LogP contribution in [0, 0.1) is 0 Å². The number of anilines is 1. The normalized spacial score (nSPS) is 11.1. The van der Waals surface area contributed by atoms with Gasteiger partial charge in [-0.15, -0.1) is 11.3 Å². The number of carbonyl (C=O) groups is 2. The molecule has 0 radical (unpaired) electrons. The van der Waals surface area contributed by atoms with Crippen molar-refractivity contribution in [3.05, 3.63) is 40.2 Å². The average Bonchev–Trinajstić information content (AvgIpc) is 3.01. The van der Waals surface area contributed by atoms with Gasteiger partial charge in [-0.05, 0) is 57.5 Å². The molecule has 26 heavy (non-hydrogen) atoms. The molecule has 0 aliphatic heterocycles. The van der Waals surface area contributed by atoms with Crippen molar-refractivity contribution in [2.24, 2.45) is 0 Å². The number of hydrogen-bond donors (Lipinski definition) is 2. The Balaban J connectivity index is 1.89.